The predicted molar refractivity (Wildman–Crippen MR) is 218 cm³/mol. The predicted octanol–water partition coefficient (Wildman–Crippen LogP) is 11.7. The molecule has 270 valence electrons. The molecule has 0 saturated carbocycles. The second kappa shape index (κ2) is 28.0. The quantitative estimate of drug-likeness (QED) is 0.0542. The highest BCUT2D eigenvalue weighted by Gasteiger charge is 2.44. The van der Waals surface area contributed by atoms with Gasteiger partial charge in [0.2, 0.25) is 0 Å². The van der Waals surface area contributed by atoms with Gasteiger partial charge in [-0.1, -0.05) is 119 Å². The average Bonchev–Trinajstić information content (AvgIpc) is 3.10. The first-order valence-electron chi connectivity index (χ1n) is 18.6. The molecule has 0 spiro atoms. The molecule has 0 aliphatic heterocycles. The van der Waals surface area contributed by atoms with Crippen molar-refractivity contribution in [1.82, 2.24) is 0 Å². The number of hydrogen-bond acceptors (Lipinski definition) is 2. The number of hydrogen-bond donors (Lipinski definition) is 2. The molecule has 6 heteroatoms. The molecule has 3 aromatic rings. The number of unbranched alkanes of at least 4 members (excludes halogenated alkanes) is 10. The number of carboxylic acids is 2. The Labute approximate surface area is 308 Å². The van der Waals surface area contributed by atoms with Gasteiger partial charge in [0.15, 0.2) is 0 Å². The van der Waals surface area contributed by atoms with E-state index in [4.69, 9.17) is 10.2 Å². The summed E-state index contributed by atoms with van der Waals surface area (Å²) >= 11 is 0. The summed E-state index contributed by atoms with van der Waals surface area (Å²) in [6.45, 7) is 4.51. The van der Waals surface area contributed by atoms with Crippen LogP contribution in [0.3, 0.4) is 0 Å². The Hall–Kier alpha value is -2.75. The molecule has 0 aromatic heterocycles. The summed E-state index contributed by atoms with van der Waals surface area (Å²) in [5.74, 6) is -1.36. The summed E-state index contributed by atoms with van der Waals surface area (Å²) in [6.07, 6.45) is 22.6. The maximum absolute atomic E-state index is 10.8. The van der Waals surface area contributed by atoms with E-state index in [1.54, 1.807) is 5.57 Å². The lowest BCUT2D eigenvalue weighted by molar-refractivity contribution is -0.138. The summed E-state index contributed by atoms with van der Waals surface area (Å²) in [7, 11) is -1.74. The first-order chi connectivity index (χ1) is 23.4. The molecular weight excluding hydrogens is 691 g/mol. The van der Waals surface area contributed by atoms with Gasteiger partial charge in [-0.25, -0.2) is 0 Å². The van der Waals surface area contributed by atoms with E-state index in [2.05, 4.69) is 111 Å². The van der Waals surface area contributed by atoms with Crippen LogP contribution in [0.2, 0.25) is 0 Å². The lowest BCUT2D eigenvalue weighted by Crippen LogP contribution is -2.33. The minimum absolute atomic E-state index is 0. The molecule has 0 radical (unpaired) electrons. The maximum Gasteiger partial charge on any atom is 0.303 e. The molecule has 0 amide bonds. The topological polar surface area (TPSA) is 74.6 Å². The van der Waals surface area contributed by atoms with Gasteiger partial charge in [-0.3, -0.25) is 9.59 Å². The Balaban J connectivity index is 0.000000511. The molecule has 4 nitrogen and oxygen atoms in total. The minimum atomic E-state index is -1.74. The highest BCUT2D eigenvalue weighted by atomic mass is 79.9. The highest BCUT2D eigenvalue weighted by Crippen LogP contribution is 2.56. The zero-order chi connectivity index (χ0) is 34.7. The second-order valence-electron chi connectivity index (χ2n) is 12.9. The largest absolute Gasteiger partial charge is 0.481 e. The van der Waals surface area contributed by atoms with Gasteiger partial charge < -0.3 is 10.2 Å². The van der Waals surface area contributed by atoms with Crippen LogP contribution in [-0.4, -0.2) is 28.3 Å². The maximum atomic E-state index is 10.8. The van der Waals surface area contributed by atoms with Crippen molar-refractivity contribution >= 4 is 52.1 Å². The molecule has 2 N–H and O–H groups in total. The van der Waals surface area contributed by atoms with E-state index in [0.717, 1.165) is 57.5 Å². The van der Waals surface area contributed by atoms with E-state index in [1.165, 1.54) is 67.3 Å². The van der Waals surface area contributed by atoms with E-state index in [-0.39, 0.29) is 23.4 Å². The molecular formula is C43H63BrO4P+. The third-order valence-electron chi connectivity index (χ3n) is 8.96. The summed E-state index contributed by atoms with van der Waals surface area (Å²) in [5.41, 5.74) is 1.64. The number of rotatable bonds is 24. The third-order valence-corrected chi connectivity index (χ3v) is 13.5. The van der Waals surface area contributed by atoms with Crippen LogP contribution >= 0.6 is 24.2 Å². The van der Waals surface area contributed by atoms with Crippen molar-refractivity contribution in [2.45, 2.75) is 129 Å². The Bertz CT molecular complexity index is 1170. The van der Waals surface area contributed by atoms with Crippen molar-refractivity contribution in [1.29, 1.82) is 0 Å². The fourth-order valence-electron chi connectivity index (χ4n) is 6.30. The summed E-state index contributed by atoms with van der Waals surface area (Å²) in [5, 5.41) is 21.7. The second-order valence-corrected chi connectivity index (χ2v) is 16.5. The van der Waals surface area contributed by atoms with Gasteiger partial charge in [0.05, 0.1) is 6.16 Å². The van der Waals surface area contributed by atoms with E-state index < -0.39 is 19.2 Å². The minimum Gasteiger partial charge on any atom is -0.481 e. The van der Waals surface area contributed by atoms with Gasteiger partial charge in [-0.05, 0) is 101 Å². The van der Waals surface area contributed by atoms with Crippen LogP contribution in [0, 0.1) is 0 Å². The molecule has 0 fully saturated rings. The third kappa shape index (κ3) is 18.2. The van der Waals surface area contributed by atoms with Gasteiger partial charge in [-0.2, -0.15) is 0 Å². The van der Waals surface area contributed by atoms with Crippen LogP contribution in [0.5, 0.6) is 0 Å². The molecule has 49 heavy (non-hydrogen) atoms. The number of carboxylic acid groups (broad SMARTS) is 2. The fourth-order valence-corrected chi connectivity index (χ4v) is 10.7. The molecule has 0 bridgehead atoms. The standard InChI is InChI=1S/C25H27O2P.C18H34O2.BrH/c26-25(27)20-12-1-2-13-21-28(22-14-6-3-7-15-22,23-16-8-4-9-17-23)24-18-10-5-11-19-24;1-3-5-9-13-17(14-10-6-4-2)15-11-7-8-12-16-18(19)20;/h3-11,14-19H,1-2,12-13,20-21H2;15H,3-14,16H2,1-2H3,(H,19,20);1H/p+1. The van der Waals surface area contributed by atoms with Crippen LogP contribution in [0.25, 0.3) is 0 Å². The molecule has 0 aliphatic carbocycles. The fraction of sp³-hybridized carbons (Fsp3) is 0.488. The number of aliphatic carboxylic acids is 2. The molecule has 3 aromatic carbocycles. The first-order valence-corrected chi connectivity index (χ1v) is 20.6. The van der Waals surface area contributed by atoms with E-state index >= 15 is 0 Å². The van der Waals surface area contributed by atoms with Gasteiger partial charge in [0, 0.05) is 12.8 Å². The highest BCUT2D eigenvalue weighted by molar-refractivity contribution is 8.93. The van der Waals surface area contributed by atoms with Crippen LogP contribution in [-0.2, 0) is 9.59 Å². The summed E-state index contributed by atoms with van der Waals surface area (Å²) in [6, 6.07) is 32.8. The van der Waals surface area contributed by atoms with Crippen molar-refractivity contribution in [3.63, 3.8) is 0 Å². The Morgan fingerprint density at radius 3 is 1.27 bits per heavy atom. The number of allylic oxidation sites excluding steroid dienone is 2. The van der Waals surface area contributed by atoms with Crippen LogP contribution in [0.1, 0.15) is 129 Å². The molecule has 0 aliphatic rings. The molecule has 3 rings (SSSR count). The van der Waals surface area contributed by atoms with Crippen molar-refractivity contribution < 1.29 is 19.8 Å². The smallest absolute Gasteiger partial charge is 0.303 e. The van der Waals surface area contributed by atoms with Crippen molar-refractivity contribution in [2.24, 2.45) is 0 Å². The van der Waals surface area contributed by atoms with Gasteiger partial charge >= 0.3 is 11.9 Å². The lowest BCUT2D eigenvalue weighted by atomic mass is 9.99. The number of carbonyl (C=O) groups is 2. The Morgan fingerprint density at radius 2 is 0.878 bits per heavy atom. The van der Waals surface area contributed by atoms with Crippen LogP contribution < -0.4 is 15.9 Å². The van der Waals surface area contributed by atoms with Crippen molar-refractivity contribution in [3.05, 3.63) is 103 Å². The van der Waals surface area contributed by atoms with Gasteiger partial charge in [0.25, 0.3) is 0 Å². The van der Waals surface area contributed by atoms with Crippen molar-refractivity contribution in [2.75, 3.05) is 6.16 Å². The molecule has 0 unspecified atom stereocenters. The molecule has 0 heterocycles. The lowest BCUT2D eigenvalue weighted by Gasteiger charge is -2.27. The van der Waals surface area contributed by atoms with Gasteiger partial charge in [0.1, 0.15) is 23.2 Å². The van der Waals surface area contributed by atoms with E-state index in [9.17, 15) is 9.59 Å². The monoisotopic (exact) mass is 753 g/mol. The SMILES string of the molecule is Br.CCCCCC(=CCCCCCC(=O)O)CCCCC.O=C(O)CCCCCC[P+](c1ccccc1)(c1ccccc1)c1ccccc1. The summed E-state index contributed by atoms with van der Waals surface area (Å²) in [4.78, 5) is 21.2. The zero-order valence-electron chi connectivity index (χ0n) is 30.2. The molecule has 0 atom stereocenters. The van der Waals surface area contributed by atoms with Gasteiger partial charge in [-0.15, -0.1) is 17.0 Å². The normalized spacial score (nSPS) is 10.7. The Morgan fingerprint density at radius 1 is 0.510 bits per heavy atom. The van der Waals surface area contributed by atoms with E-state index in [0.29, 0.717) is 6.42 Å². The number of benzene rings is 3. The summed E-state index contributed by atoms with van der Waals surface area (Å²) < 4.78 is 0. The van der Waals surface area contributed by atoms with Crippen LogP contribution in [0.15, 0.2) is 103 Å². The van der Waals surface area contributed by atoms with Crippen LogP contribution in [0.4, 0.5) is 0 Å². The Kier molecular flexibility index (Phi) is 25.3. The first kappa shape index (κ1) is 44.3. The van der Waals surface area contributed by atoms with Crippen molar-refractivity contribution in [3.8, 4) is 0 Å². The van der Waals surface area contributed by atoms with E-state index in [1.807, 2.05) is 0 Å². The average molecular weight is 755 g/mol. The zero-order valence-corrected chi connectivity index (χ0v) is 32.8. The number of halogens is 1. The molecule has 0 saturated heterocycles.